The molecule has 0 aromatic carbocycles. The van der Waals surface area contributed by atoms with Crippen molar-refractivity contribution in [2.24, 2.45) is 18.9 Å². The standard InChI is InChI=1S/C19H25F4N3O/c1-10(12-6-18(20,21)7-12)17(27)24-16-14(11-4-3-5-11)15(25-26(16)2)13-8-19(22,23)9-13/h10-13H,3-9H2,1-2H3,(H,24,27). The van der Waals surface area contributed by atoms with E-state index in [0.29, 0.717) is 11.5 Å². The molecule has 1 aromatic heterocycles. The zero-order chi connectivity index (χ0) is 19.6. The Balaban J connectivity index is 1.53. The van der Waals surface area contributed by atoms with Crippen molar-refractivity contribution in [3.63, 3.8) is 0 Å². The van der Waals surface area contributed by atoms with Crippen LogP contribution in [0.5, 0.6) is 0 Å². The van der Waals surface area contributed by atoms with E-state index in [1.807, 2.05) is 0 Å². The highest BCUT2D eigenvalue weighted by Crippen LogP contribution is 2.53. The van der Waals surface area contributed by atoms with Crippen LogP contribution in [-0.4, -0.2) is 27.5 Å². The molecule has 0 saturated heterocycles. The maximum Gasteiger partial charge on any atom is 0.249 e. The van der Waals surface area contributed by atoms with E-state index in [-0.39, 0.29) is 49.3 Å². The van der Waals surface area contributed by atoms with Crippen molar-refractivity contribution >= 4 is 11.7 Å². The van der Waals surface area contributed by atoms with Crippen molar-refractivity contribution in [1.82, 2.24) is 9.78 Å². The van der Waals surface area contributed by atoms with Gasteiger partial charge in [0.1, 0.15) is 5.82 Å². The molecule has 0 radical (unpaired) electrons. The molecule has 1 N–H and O–H groups in total. The van der Waals surface area contributed by atoms with Gasteiger partial charge in [-0.15, -0.1) is 0 Å². The van der Waals surface area contributed by atoms with Crippen LogP contribution in [0.1, 0.15) is 75.0 Å². The first-order valence-corrected chi connectivity index (χ1v) is 9.69. The van der Waals surface area contributed by atoms with Crippen molar-refractivity contribution in [2.75, 3.05) is 5.32 Å². The van der Waals surface area contributed by atoms with Gasteiger partial charge in [0.2, 0.25) is 17.8 Å². The van der Waals surface area contributed by atoms with Crippen molar-refractivity contribution in [1.29, 1.82) is 0 Å². The number of hydrogen-bond acceptors (Lipinski definition) is 2. The van der Waals surface area contributed by atoms with E-state index in [0.717, 1.165) is 24.8 Å². The highest BCUT2D eigenvalue weighted by Gasteiger charge is 2.50. The topological polar surface area (TPSA) is 46.9 Å². The molecule has 1 amide bonds. The van der Waals surface area contributed by atoms with E-state index >= 15 is 0 Å². The van der Waals surface area contributed by atoms with Crippen LogP contribution >= 0.6 is 0 Å². The minimum Gasteiger partial charge on any atom is -0.310 e. The van der Waals surface area contributed by atoms with Crippen LogP contribution in [0.4, 0.5) is 23.4 Å². The van der Waals surface area contributed by atoms with Crippen LogP contribution in [0.3, 0.4) is 0 Å². The Morgan fingerprint density at radius 3 is 2.19 bits per heavy atom. The monoisotopic (exact) mass is 387 g/mol. The second-order valence-electron chi connectivity index (χ2n) is 8.66. The van der Waals surface area contributed by atoms with Crippen molar-refractivity contribution < 1.29 is 22.4 Å². The molecule has 1 atom stereocenters. The number of alkyl halides is 4. The minimum absolute atomic E-state index is 0.204. The van der Waals surface area contributed by atoms with Gasteiger partial charge in [-0.05, 0) is 24.7 Å². The molecule has 1 heterocycles. The van der Waals surface area contributed by atoms with Crippen LogP contribution in [0, 0.1) is 11.8 Å². The third-order valence-electron chi connectivity index (χ3n) is 6.59. The lowest BCUT2D eigenvalue weighted by Crippen LogP contribution is -2.42. The third kappa shape index (κ3) is 3.36. The number of nitrogens with zero attached hydrogens (tertiary/aromatic N) is 2. The maximum atomic E-state index is 13.4. The van der Waals surface area contributed by atoms with E-state index in [1.54, 1.807) is 18.7 Å². The highest BCUT2D eigenvalue weighted by atomic mass is 19.3. The van der Waals surface area contributed by atoms with Gasteiger partial charge >= 0.3 is 0 Å². The van der Waals surface area contributed by atoms with Gasteiger partial charge in [0.05, 0.1) is 5.69 Å². The molecule has 3 fully saturated rings. The molecule has 4 nitrogen and oxygen atoms in total. The number of rotatable bonds is 5. The van der Waals surface area contributed by atoms with Crippen LogP contribution in [0.25, 0.3) is 0 Å². The summed E-state index contributed by atoms with van der Waals surface area (Å²) in [6.07, 6.45) is 2.05. The number of aryl methyl sites for hydroxylation is 1. The van der Waals surface area contributed by atoms with Crippen LogP contribution in [0.15, 0.2) is 0 Å². The number of amides is 1. The van der Waals surface area contributed by atoms with Gasteiger partial charge in [0, 0.05) is 50.1 Å². The summed E-state index contributed by atoms with van der Waals surface area (Å²) in [6.45, 7) is 1.67. The molecule has 0 spiro atoms. The second kappa shape index (κ2) is 6.21. The SMILES string of the molecule is CC(C(=O)Nc1c(C2CCC2)c(C2CC(F)(F)C2)nn1C)C1CC(F)(F)C1. The molecule has 8 heteroatoms. The predicted octanol–water partition coefficient (Wildman–Crippen LogP) is 4.82. The average Bonchev–Trinajstić information content (AvgIpc) is 2.77. The fraction of sp³-hybridized carbons (Fsp3) is 0.789. The quantitative estimate of drug-likeness (QED) is 0.737. The molecule has 3 aliphatic carbocycles. The first kappa shape index (κ1) is 18.7. The highest BCUT2D eigenvalue weighted by molar-refractivity contribution is 5.92. The number of aromatic nitrogens is 2. The van der Waals surface area contributed by atoms with Gasteiger partial charge in [0.15, 0.2) is 0 Å². The van der Waals surface area contributed by atoms with Crippen molar-refractivity contribution in [3.8, 4) is 0 Å². The molecular formula is C19H25F4N3O. The van der Waals surface area contributed by atoms with Gasteiger partial charge in [-0.2, -0.15) is 5.10 Å². The van der Waals surface area contributed by atoms with E-state index in [9.17, 15) is 22.4 Å². The van der Waals surface area contributed by atoms with E-state index in [2.05, 4.69) is 10.4 Å². The van der Waals surface area contributed by atoms with E-state index < -0.39 is 17.8 Å². The Hall–Kier alpha value is -1.60. The van der Waals surface area contributed by atoms with Crippen molar-refractivity contribution in [3.05, 3.63) is 11.3 Å². The number of anilines is 1. The summed E-state index contributed by atoms with van der Waals surface area (Å²) in [6, 6.07) is 0. The zero-order valence-corrected chi connectivity index (χ0v) is 15.6. The summed E-state index contributed by atoms with van der Waals surface area (Å²) < 4.78 is 54.5. The lowest BCUT2D eigenvalue weighted by atomic mass is 9.72. The Morgan fingerprint density at radius 2 is 1.70 bits per heavy atom. The molecule has 3 aliphatic rings. The molecule has 0 bridgehead atoms. The largest absolute Gasteiger partial charge is 0.310 e. The molecule has 27 heavy (non-hydrogen) atoms. The van der Waals surface area contributed by atoms with E-state index in [1.165, 1.54) is 0 Å². The average molecular weight is 387 g/mol. The molecule has 1 aromatic rings. The number of carbonyl (C=O) groups excluding carboxylic acids is 1. The van der Waals surface area contributed by atoms with Crippen LogP contribution in [0.2, 0.25) is 0 Å². The van der Waals surface area contributed by atoms with Gasteiger partial charge in [0.25, 0.3) is 0 Å². The summed E-state index contributed by atoms with van der Waals surface area (Å²) in [7, 11) is 1.69. The number of nitrogens with one attached hydrogen (secondary N) is 1. The maximum absolute atomic E-state index is 13.4. The summed E-state index contributed by atoms with van der Waals surface area (Å²) >= 11 is 0. The lowest BCUT2D eigenvalue weighted by Gasteiger charge is -2.38. The normalized spacial score (nSPS) is 26.0. The third-order valence-corrected chi connectivity index (χ3v) is 6.59. The Bertz CT molecular complexity index is 740. The Kier molecular flexibility index (Phi) is 4.31. The number of halogens is 4. The smallest absolute Gasteiger partial charge is 0.249 e. The zero-order valence-electron chi connectivity index (χ0n) is 15.6. The summed E-state index contributed by atoms with van der Waals surface area (Å²) in [5.41, 5.74) is 1.55. The number of carbonyl (C=O) groups is 1. The first-order chi connectivity index (χ1) is 12.6. The van der Waals surface area contributed by atoms with Crippen LogP contribution < -0.4 is 5.32 Å². The fourth-order valence-corrected chi connectivity index (χ4v) is 4.47. The summed E-state index contributed by atoms with van der Waals surface area (Å²) in [5, 5.41) is 7.34. The molecule has 3 saturated carbocycles. The lowest BCUT2D eigenvalue weighted by molar-refractivity contribution is -0.140. The first-order valence-electron chi connectivity index (χ1n) is 9.69. The summed E-state index contributed by atoms with van der Waals surface area (Å²) in [5.74, 6) is -5.96. The molecule has 1 unspecified atom stereocenters. The predicted molar refractivity (Wildman–Crippen MR) is 92.2 cm³/mol. The van der Waals surface area contributed by atoms with Gasteiger partial charge in [-0.25, -0.2) is 17.6 Å². The van der Waals surface area contributed by atoms with Gasteiger partial charge in [-0.3, -0.25) is 9.48 Å². The minimum atomic E-state index is -2.66. The molecule has 4 rings (SSSR count). The second-order valence-corrected chi connectivity index (χ2v) is 8.66. The fourth-order valence-electron chi connectivity index (χ4n) is 4.47. The van der Waals surface area contributed by atoms with E-state index in [4.69, 9.17) is 0 Å². The molecular weight excluding hydrogens is 362 g/mol. The van der Waals surface area contributed by atoms with Gasteiger partial charge in [-0.1, -0.05) is 13.3 Å². The van der Waals surface area contributed by atoms with Crippen molar-refractivity contribution in [2.45, 2.75) is 75.6 Å². The molecule has 0 aliphatic heterocycles. The molecule has 150 valence electrons. The summed E-state index contributed by atoms with van der Waals surface area (Å²) in [4.78, 5) is 12.6. The van der Waals surface area contributed by atoms with Gasteiger partial charge < -0.3 is 5.32 Å². The Morgan fingerprint density at radius 1 is 1.11 bits per heavy atom. The van der Waals surface area contributed by atoms with Crippen LogP contribution in [-0.2, 0) is 11.8 Å². The number of hydrogen-bond donors (Lipinski definition) is 1. The Labute approximate surface area is 155 Å².